The van der Waals surface area contributed by atoms with E-state index in [4.69, 9.17) is 0 Å². The summed E-state index contributed by atoms with van der Waals surface area (Å²) in [5.41, 5.74) is 1.65. The Kier molecular flexibility index (Phi) is 3.96. The van der Waals surface area contributed by atoms with Crippen LogP contribution in [-0.2, 0) is 4.79 Å². The molecule has 0 aliphatic carbocycles. The Morgan fingerprint density at radius 2 is 2.00 bits per heavy atom. The number of amides is 1. The topological polar surface area (TPSA) is 79.8 Å². The van der Waals surface area contributed by atoms with Crippen molar-refractivity contribution < 1.29 is 4.79 Å². The van der Waals surface area contributed by atoms with Gasteiger partial charge in [-0.2, -0.15) is 5.10 Å². The number of hydrogen-bond donors (Lipinski definition) is 2. The van der Waals surface area contributed by atoms with Gasteiger partial charge in [0.25, 0.3) is 0 Å². The zero-order valence-corrected chi connectivity index (χ0v) is 9.16. The molecule has 0 spiro atoms. The monoisotopic (exact) mass is 209 g/mol. The molecule has 1 heterocycles. The van der Waals surface area contributed by atoms with Crippen LogP contribution in [0.5, 0.6) is 0 Å². The summed E-state index contributed by atoms with van der Waals surface area (Å²) in [4.78, 5) is 15.1. The van der Waals surface area contributed by atoms with Gasteiger partial charge in [-0.1, -0.05) is 0 Å². The Morgan fingerprint density at radius 1 is 1.27 bits per heavy atom. The molecule has 0 saturated heterocycles. The highest BCUT2D eigenvalue weighted by molar-refractivity contribution is 5.75. The summed E-state index contributed by atoms with van der Waals surface area (Å²) in [6.07, 6.45) is 0.396. The van der Waals surface area contributed by atoms with Gasteiger partial charge in [0.05, 0.1) is 11.4 Å². The molecule has 1 amide bonds. The van der Waals surface area contributed by atoms with Gasteiger partial charge in [-0.15, -0.1) is 5.10 Å². The van der Waals surface area contributed by atoms with Crippen molar-refractivity contribution in [2.75, 3.05) is 18.9 Å². The minimum absolute atomic E-state index is 0.0145. The number of nitrogens with one attached hydrogen (secondary N) is 2. The molecular weight excluding hydrogens is 194 g/mol. The molecule has 1 rings (SSSR count). The lowest BCUT2D eigenvalue weighted by Gasteiger charge is -2.04. The average Bonchev–Trinajstić information content (AvgIpc) is 2.23. The highest BCUT2D eigenvalue weighted by Crippen LogP contribution is 2.01. The predicted octanol–water partition coefficient (Wildman–Crippen LogP) is 0.0364. The van der Waals surface area contributed by atoms with E-state index in [1.165, 1.54) is 0 Å². The second kappa shape index (κ2) is 5.23. The lowest BCUT2D eigenvalue weighted by atomic mass is 10.4. The van der Waals surface area contributed by atoms with Gasteiger partial charge < -0.3 is 10.6 Å². The van der Waals surface area contributed by atoms with E-state index >= 15 is 0 Å². The number of carbonyl (C=O) groups is 1. The molecule has 15 heavy (non-hydrogen) atoms. The van der Waals surface area contributed by atoms with Crippen LogP contribution >= 0.6 is 0 Å². The molecule has 82 valence electrons. The molecule has 0 aliphatic rings. The van der Waals surface area contributed by atoms with Gasteiger partial charge >= 0.3 is 0 Å². The number of rotatable bonds is 4. The summed E-state index contributed by atoms with van der Waals surface area (Å²) in [6, 6.07) is 0. The maximum absolute atomic E-state index is 10.9. The van der Waals surface area contributed by atoms with Crippen molar-refractivity contribution >= 4 is 11.9 Å². The highest BCUT2D eigenvalue weighted by atomic mass is 16.1. The summed E-state index contributed by atoms with van der Waals surface area (Å²) in [5, 5.41) is 13.2. The second-order valence-corrected chi connectivity index (χ2v) is 3.16. The van der Waals surface area contributed by atoms with Gasteiger partial charge in [0.15, 0.2) is 0 Å². The Morgan fingerprint density at radius 3 is 2.60 bits per heavy atom. The molecule has 0 radical (unpaired) electrons. The lowest BCUT2D eigenvalue weighted by molar-refractivity contribution is -0.120. The quantitative estimate of drug-likeness (QED) is 0.731. The van der Waals surface area contributed by atoms with E-state index in [9.17, 15) is 4.79 Å². The van der Waals surface area contributed by atoms with Gasteiger partial charge in [-0.3, -0.25) is 4.79 Å². The number of carbonyl (C=O) groups excluding carboxylic acids is 1. The van der Waals surface area contributed by atoms with Crippen molar-refractivity contribution in [1.82, 2.24) is 20.5 Å². The van der Waals surface area contributed by atoms with Crippen LogP contribution in [0.25, 0.3) is 0 Å². The normalized spacial score (nSPS) is 9.80. The maximum Gasteiger partial charge on any atom is 0.242 e. The largest absolute Gasteiger partial charge is 0.359 e. The van der Waals surface area contributed by atoms with Crippen LogP contribution < -0.4 is 10.6 Å². The summed E-state index contributed by atoms with van der Waals surface area (Å²) in [5.74, 6) is 0.446. The summed E-state index contributed by atoms with van der Waals surface area (Å²) >= 11 is 0. The van der Waals surface area contributed by atoms with Gasteiger partial charge in [0, 0.05) is 20.0 Å². The molecule has 0 aliphatic heterocycles. The molecule has 1 aromatic heterocycles. The molecule has 6 heteroatoms. The van der Waals surface area contributed by atoms with Gasteiger partial charge in [-0.05, 0) is 13.8 Å². The number of aromatic nitrogens is 3. The third-order valence-electron chi connectivity index (χ3n) is 2.01. The first kappa shape index (κ1) is 11.4. The third kappa shape index (κ3) is 3.49. The maximum atomic E-state index is 10.9. The Balaban J connectivity index is 2.44. The molecule has 0 fully saturated rings. The first-order valence-electron chi connectivity index (χ1n) is 4.76. The van der Waals surface area contributed by atoms with Crippen LogP contribution in [-0.4, -0.2) is 34.7 Å². The SMILES string of the molecule is CNC(=O)CCNc1nnc(C)c(C)n1. The van der Waals surface area contributed by atoms with E-state index < -0.39 is 0 Å². The molecule has 0 unspecified atom stereocenters. The average molecular weight is 209 g/mol. The molecule has 0 atom stereocenters. The second-order valence-electron chi connectivity index (χ2n) is 3.16. The molecule has 2 N–H and O–H groups in total. The molecular formula is C9H15N5O. The van der Waals surface area contributed by atoms with Gasteiger partial charge in [-0.25, -0.2) is 4.98 Å². The fourth-order valence-corrected chi connectivity index (χ4v) is 0.945. The van der Waals surface area contributed by atoms with Gasteiger partial charge in [0.2, 0.25) is 11.9 Å². The van der Waals surface area contributed by atoms with Crippen LogP contribution in [0.15, 0.2) is 0 Å². The molecule has 6 nitrogen and oxygen atoms in total. The first-order valence-corrected chi connectivity index (χ1v) is 4.76. The van der Waals surface area contributed by atoms with E-state index in [0.717, 1.165) is 11.4 Å². The van der Waals surface area contributed by atoms with E-state index in [-0.39, 0.29) is 5.91 Å². The van der Waals surface area contributed by atoms with Crippen molar-refractivity contribution in [3.05, 3.63) is 11.4 Å². The van der Waals surface area contributed by atoms with E-state index in [0.29, 0.717) is 18.9 Å². The highest BCUT2D eigenvalue weighted by Gasteiger charge is 2.01. The van der Waals surface area contributed by atoms with Crippen molar-refractivity contribution in [1.29, 1.82) is 0 Å². The minimum atomic E-state index is -0.0145. The lowest BCUT2D eigenvalue weighted by Crippen LogP contribution is -2.21. The number of aryl methyl sites for hydroxylation is 2. The van der Waals surface area contributed by atoms with Crippen LogP contribution in [0.2, 0.25) is 0 Å². The summed E-state index contributed by atoms with van der Waals surface area (Å²) in [6.45, 7) is 4.22. The predicted molar refractivity (Wildman–Crippen MR) is 56.5 cm³/mol. The third-order valence-corrected chi connectivity index (χ3v) is 2.01. The van der Waals surface area contributed by atoms with Crippen LogP contribution in [0.4, 0.5) is 5.95 Å². The molecule has 1 aromatic rings. The van der Waals surface area contributed by atoms with E-state index in [1.54, 1.807) is 7.05 Å². The van der Waals surface area contributed by atoms with E-state index in [1.807, 2.05) is 13.8 Å². The van der Waals surface area contributed by atoms with Crippen molar-refractivity contribution in [2.45, 2.75) is 20.3 Å². The molecule has 0 aromatic carbocycles. The fourth-order valence-electron chi connectivity index (χ4n) is 0.945. The standard InChI is InChI=1S/C9H15N5O/c1-6-7(2)13-14-9(12-6)11-5-4-8(15)10-3/h4-5H2,1-3H3,(H,10,15)(H,11,12,14). The van der Waals surface area contributed by atoms with Gasteiger partial charge in [0.1, 0.15) is 0 Å². The van der Waals surface area contributed by atoms with Crippen LogP contribution in [0.3, 0.4) is 0 Å². The van der Waals surface area contributed by atoms with Crippen molar-refractivity contribution in [2.24, 2.45) is 0 Å². The zero-order chi connectivity index (χ0) is 11.3. The number of nitrogens with zero attached hydrogens (tertiary/aromatic N) is 3. The summed E-state index contributed by atoms with van der Waals surface area (Å²) < 4.78 is 0. The van der Waals surface area contributed by atoms with Crippen LogP contribution in [0.1, 0.15) is 17.8 Å². The van der Waals surface area contributed by atoms with E-state index in [2.05, 4.69) is 25.8 Å². The Labute approximate surface area is 88.5 Å². The number of hydrogen-bond acceptors (Lipinski definition) is 5. The molecule has 0 bridgehead atoms. The van der Waals surface area contributed by atoms with Crippen molar-refractivity contribution in [3.63, 3.8) is 0 Å². The Bertz CT molecular complexity index is 352. The van der Waals surface area contributed by atoms with Crippen molar-refractivity contribution in [3.8, 4) is 0 Å². The minimum Gasteiger partial charge on any atom is -0.359 e. The smallest absolute Gasteiger partial charge is 0.242 e. The zero-order valence-electron chi connectivity index (χ0n) is 9.16. The first-order chi connectivity index (χ1) is 7.13. The Hall–Kier alpha value is -1.72. The van der Waals surface area contributed by atoms with Crippen LogP contribution in [0, 0.1) is 13.8 Å². The summed E-state index contributed by atoms with van der Waals surface area (Å²) in [7, 11) is 1.61. The fraction of sp³-hybridized carbons (Fsp3) is 0.556. The molecule has 0 saturated carbocycles. The number of anilines is 1.